The third-order valence-corrected chi connectivity index (χ3v) is 3.43. The summed E-state index contributed by atoms with van der Waals surface area (Å²) in [7, 11) is 0. The van der Waals surface area contributed by atoms with Crippen molar-refractivity contribution < 1.29 is 0 Å². The summed E-state index contributed by atoms with van der Waals surface area (Å²) in [4.78, 5) is 14.9. The normalized spacial score (nSPS) is 11.0. The van der Waals surface area contributed by atoms with E-state index in [-0.39, 0.29) is 5.69 Å². The second kappa shape index (κ2) is 4.14. The number of aryl methyl sites for hydroxylation is 1. The molecule has 0 fully saturated rings. The Bertz CT molecular complexity index is 769. The first kappa shape index (κ1) is 11.3. The highest BCUT2D eigenvalue weighted by molar-refractivity contribution is 9.10. The molecule has 0 spiro atoms. The van der Waals surface area contributed by atoms with Gasteiger partial charge in [0.1, 0.15) is 0 Å². The molecular weight excluding hydrogens is 292 g/mol. The number of nitrogens with zero attached hydrogens (tertiary/aromatic N) is 1. The van der Waals surface area contributed by atoms with Crippen LogP contribution in [0.1, 0.15) is 5.56 Å². The van der Waals surface area contributed by atoms with E-state index in [2.05, 4.69) is 20.9 Å². The molecule has 0 unspecified atom stereocenters. The molecule has 18 heavy (non-hydrogen) atoms. The Kier molecular flexibility index (Phi) is 2.59. The van der Waals surface area contributed by atoms with Crippen LogP contribution in [0.15, 0.2) is 51.7 Å². The highest BCUT2D eigenvalue weighted by atomic mass is 79.9. The van der Waals surface area contributed by atoms with E-state index < -0.39 is 0 Å². The Labute approximate surface area is 112 Å². The van der Waals surface area contributed by atoms with E-state index in [1.807, 2.05) is 49.4 Å². The third-order valence-electron chi connectivity index (χ3n) is 2.94. The summed E-state index contributed by atoms with van der Waals surface area (Å²) >= 11 is 3.40. The number of benzene rings is 2. The van der Waals surface area contributed by atoms with Gasteiger partial charge in [-0.3, -0.25) is 4.57 Å². The van der Waals surface area contributed by atoms with Gasteiger partial charge in [-0.05, 0) is 37.3 Å². The van der Waals surface area contributed by atoms with E-state index >= 15 is 0 Å². The van der Waals surface area contributed by atoms with Crippen LogP contribution in [0.3, 0.4) is 0 Å². The lowest BCUT2D eigenvalue weighted by molar-refractivity contribution is 1.01. The van der Waals surface area contributed by atoms with Gasteiger partial charge in [-0.15, -0.1) is 0 Å². The number of rotatable bonds is 1. The van der Waals surface area contributed by atoms with Crippen LogP contribution in [-0.2, 0) is 0 Å². The number of hydrogen-bond acceptors (Lipinski definition) is 1. The molecule has 0 aliphatic carbocycles. The minimum atomic E-state index is -0.119. The molecule has 0 aliphatic heterocycles. The van der Waals surface area contributed by atoms with Gasteiger partial charge in [-0.25, -0.2) is 4.79 Å². The van der Waals surface area contributed by atoms with E-state index in [0.717, 1.165) is 21.2 Å². The first-order valence-corrected chi connectivity index (χ1v) is 6.42. The Morgan fingerprint density at radius 3 is 2.56 bits per heavy atom. The summed E-state index contributed by atoms with van der Waals surface area (Å²) in [5.74, 6) is 0. The van der Waals surface area contributed by atoms with Crippen molar-refractivity contribution in [3.05, 3.63) is 63.0 Å². The van der Waals surface area contributed by atoms with Crippen molar-refractivity contribution in [2.24, 2.45) is 0 Å². The van der Waals surface area contributed by atoms with Crippen LogP contribution < -0.4 is 5.69 Å². The molecule has 4 heteroatoms. The monoisotopic (exact) mass is 302 g/mol. The predicted octanol–water partition coefficient (Wildman–Crippen LogP) is 3.39. The third kappa shape index (κ3) is 1.78. The molecule has 0 atom stereocenters. The van der Waals surface area contributed by atoms with Crippen molar-refractivity contribution >= 4 is 27.0 Å². The van der Waals surface area contributed by atoms with Gasteiger partial charge in [0, 0.05) is 4.47 Å². The van der Waals surface area contributed by atoms with Crippen LogP contribution in [-0.4, -0.2) is 9.55 Å². The summed E-state index contributed by atoms with van der Waals surface area (Å²) < 4.78 is 2.63. The maximum Gasteiger partial charge on any atom is 0.331 e. The SMILES string of the molecule is Cc1ccc(-n2c(=O)[nH]c3cc(Br)ccc32)cc1. The van der Waals surface area contributed by atoms with Crippen molar-refractivity contribution in [1.82, 2.24) is 9.55 Å². The average Bonchev–Trinajstić information content (AvgIpc) is 2.65. The molecule has 0 saturated heterocycles. The number of nitrogens with one attached hydrogen (secondary N) is 1. The first-order chi connectivity index (χ1) is 8.65. The number of imidazole rings is 1. The number of aromatic amines is 1. The van der Waals surface area contributed by atoms with Crippen molar-refractivity contribution in [3.8, 4) is 5.69 Å². The topological polar surface area (TPSA) is 37.8 Å². The number of H-pyrrole nitrogens is 1. The van der Waals surface area contributed by atoms with E-state index in [1.54, 1.807) is 4.57 Å². The van der Waals surface area contributed by atoms with Crippen LogP contribution in [0.5, 0.6) is 0 Å². The molecule has 0 aliphatic rings. The molecule has 90 valence electrons. The summed E-state index contributed by atoms with van der Waals surface area (Å²) in [6, 6.07) is 13.7. The van der Waals surface area contributed by atoms with Crippen LogP contribution in [0.25, 0.3) is 16.7 Å². The van der Waals surface area contributed by atoms with Crippen molar-refractivity contribution in [2.45, 2.75) is 6.92 Å². The van der Waals surface area contributed by atoms with Crippen molar-refractivity contribution in [2.75, 3.05) is 0 Å². The van der Waals surface area contributed by atoms with E-state index in [0.29, 0.717) is 0 Å². The Hall–Kier alpha value is -1.81. The van der Waals surface area contributed by atoms with Crippen molar-refractivity contribution in [3.63, 3.8) is 0 Å². The molecule has 0 saturated carbocycles. The molecule has 0 bridgehead atoms. The highest BCUT2D eigenvalue weighted by Crippen LogP contribution is 2.19. The predicted molar refractivity (Wildman–Crippen MR) is 76.3 cm³/mol. The zero-order valence-electron chi connectivity index (χ0n) is 9.77. The molecule has 3 rings (SSSR count). The summed E-state index contributed by atoms with van der Waals surface area (Å²) in [6.07, 6.45) is 0. The largest absolute Gasteiger partial charge is 0.331 e. The van der Waals surface area contributed by atoms with E-state index in [4.69, 9.17) is 0 Å². The van der Waals surface area contributed by atoms with Gasteiger partial charge >= 0.3 is 5.69 Å². The number of halogens is 1. The maximum atomic E-state index is 12.0. The quantitative estimate of drug-likeness (QED) is 0.735. The minimum Gasteiger partial charge on any atom is -0.305 e. The molecule has 1 aromatic heterocycles. The number of hydrogen-bond donors (Lipinski definition) is 1. The van der Waals surface area contributed by atoms with Crippen LogP contribution in [0.2, 0.25) is 0 Å². The Balaban J connectivity index is 2.32. The molecule has 1 heterocycles. The summed E-state index contributed by atoms with van der Waals surface area (Å²) in [5.41, 5.74) is 3.64. The van der Waals surface area contributed by atoms with Gasteiger partial charge in [0.2, 0.25) is 0 Å². The van der Waals surface area contributed by atoms with E-state index in [1.165, 1.54) is 5.56 Å². The van der Waals surface area contributed by atoms with Gasteiger partial charge in [0.05, 0.1) is 16.7 Å². The molecule has 1 N–H and O–H groups in total. The van der Waals surface area contributed by atoms with Gasteiger partial charge in [0.25, 0.3) is 0 Å². The van der Waals surface area contributed by atoms with Crippen LogP contribution in [0, 0.1) is 6.92 Å². The fourth-order valence-corrected chi connectivity index (χ4v) is 2.40. The fourth-order valence-electron chi connectivity index (χ4n) is 2.03. The summed E-state index contributed by atoms with van der Waals surface area (Å²) in [5, 5.41) is 0. The molecule has 0 radical (unpaired) electrons. The standard InChI is InChI=1S/C14H11BrN2O/c1-9-2-5-11(6-3-9)17-13-7-4-10(15)8-12(13)16-14(17)18/h2-8H,1H3,(H,16,18). The van der Waals surface area contributed by atoms with E-state index in [9.17, 15) is 4.79 Å². The number of aromatic nitrogens is 2. The fraction of sp³-hybridized carbons (Fsp3) is 0.0714. The zero-order chi connectivity index (χ0) is 12.7. The highest BCUT2D eigenvalue weighted by Gasteiger charge is 2.08. The van der Waals surface area contributed by atoms with Crippen LogP contribution >= 0.6 is 15.9 Å². The zero-order valence-corrected chi connectivity index (χ0v) is 11.4. The second-order valence-electron chi connectivity index (χ2n) is 4.26. The van der Waals surface area contributed by atoms with Gasteiger partial charge in [-0.2, -0.15) is 0 Å². The minimum absolute atomic E-state index is 0.119. The average molecular weight is 303 g/mol. The van der Waals surface area contributed by atoms with Gasteiger partial charge < -0.3 is 4.98 Å². The molecular formula is C14H11BrN2O. The molecule has 0 amide bonds. The Morgan fingerprint density at radius 2 is 1.83 bits per heavy atom. The Morgan fingerprint density at radius 1 is 1.11 bits per heavy atom. The first-order valence-electron chi connectivity index (χ1n) is 5.62. The molecule has 2 aromatic carbocycles. The molecule has 3 aromatic rings. The van der Waals surface area contributed by atoms with Gasteiger partial charge in [0.15, 0.2) is 0 Å². The second-order valence-corrected chi connectivity index (χ2v) is 5.18. The number of fused-ring (bicyclic) bond motifs is 1. The smallest absolute Gasteiger partial charge is 0.305 e. The summed E-state index contributed by atoms with van der Waals surface area (Å²) in [6.45, 7) is 2.03. The lowest BCUT2D eigenvalue weighted by atomic mass is 10.2. The van der Waals surface area contributed by atoms with Gasteiger partial charge in [-0.1, -0.05) is 33.6 Å². The van der Waals surface area contributed by atoms with Crippen molar-refractivity contribution in [1.29, 1.82) is 0 Å². The molecule has 3 nitrogen and oxygen atoms in total. The van der Waals surface area contributed by atoms with Crippen LogP contribution in [0.4, 0.5) is 0 Å². The lowest BCUT2D eigenvalue weighted by Gasteiger charge is -2.03. The maximum absolute atomic E-state index is 12.0. The lowest BCUT2D eigenvalue weighted by Crippen LogP contribution is -2.14.